The number of amides is 2. The minimum atomic E-state index is -0.160. The number of likely N-dealkylation sites (N-methyl/N-ethyl adjacent to an activating group) is 1. The number of hydrogen-bond acceptors (Lipinski definition) is 4. The van der Waals surface area contributed by atoms with Crippen molar-refractivity contribution in [3.8, 4) is 6.07 Å². The van der Waals surface area contributed by atoms with Crippen LogP contribution in [0, 0.1) is 23.2 Å². The topological polar surface area (TPSA) is 85.2 Å². The lowest BCUT2D eigenvalue weighted by Gasteiger charge is -2.37. The number of carbonyl (C=O) groups is 2. The second-order valence-corrected chi connectivity index (χ2v) is 9.42. The van der Waals surface area contributed by atoms with E-state index in [2.05, 4.69) is 21.6 Å². The molecule has 2 N–H and O–H groups in total. The first-order valence-electron chi connectivity index (χ1n) is 12.5. The Hall–Kier alpha value is -3.33. The highest BCUT2D eigenvalue weighted by atomic mass is 16.2. The van der Waals surface area contributed by atoms with Gasteiger partial charge < -0.3 is 15.5 Å². The first-order valence-corrected chi connectivity index (χ1v) is 12.5. The van der Waals surface area contributed by atoms with Crippen LogP contribution in [0.1, 0.15) is 62.5 Å². The van der Waals surface area contributed by atoms with Crippen molar-refractivity contribution < 1.29 is 9.59 Å². The summed E-state index contributed by atoms with van der Waals surface area (Å²) >= 11 is 0. The van der Waals surface area contributed by atoms with E-state index in [4.69, 9.17) is 0 Å². The maximum Gasteiger partial charge on any atom is 0.227 e. The molecular weight excluding hydrogens is 424 g/mol. The zero-order valence-corrected chi connectivity index (χ0v) is 19.9. The molecule has 6 nitrogen and oxygen atoms in total. The molecule has 1 unspecified atom stereocenters. The molecule has 1 heterocycles. The molecular formula is C28H34N4O2. The second kappa shape index (κ2) is 11.2. The number of benzene rings is 2. The van der Waals surface area contributed by atoms with Gasteiger partial charge in [0, 0.05) is 31.2 Å². The number of rotatable bonds is 7. The summed E-state index contributed by atoms with van der Waals surface area (Å²) in [4.78, 5) is 27.6. The fourth-order valence-corrected chi connectivity index (χ4v) is 5.47. The van der Waals surface area contributed by atoms with Crippen LogP contribution in [0.25, 0.3) is 0 Å². The molecule has 2 aliphatic rings. The Bertz CT molecular complexity index is 1030. The van der Waals surface area contributed by atoms with Gasteiger partial charge in [-0.15, -0.1) is 0 Å². The number of hydrogen-bond donors (Lipinski definition) is 2. The molecule has 0 aromatic heterocycles. The zero-order valence-electron chi connectivity index (χ0n) is 19.9. The fourth-order valence-electron chi connectivity index (χ4n) is 5.47. The number of piperidine rings is 1. The standard InChI is InChI=1S/C28H34N4O2/c1-2-30-28(34)26(20-8-4-3-5-9-20)21-14-16-32(17-15-21)25-13-12-24(18-23(25)19-29)31-27(33)22-10-6-7-11-22/h3-5,8-9,12-13,18,21-22,26H,2,6-7,10-11,14-17H2,1H3,(H,30,34)(H,31,33). The van der Waals surface area contributed by atoms with Gasteiger partial charge in [0.25, 0.3) is 0 Å². The first kappa shape index (κ1) is 23.8. The molecule has 6 heteroatoms. The average Bonchev–Trinajstić information content (AvgIpc) is 3.41. The lowest BCUT2D eigenvalue weighted by molar-refractivity contribution is -0.124. The monoisotopic (exact) mass is 458 g/mol. The Morgan fingerprint density at radius 3 is 2.41 bits per heavy atom. The van der Waals surface area contributed by atoms with Gasteiger partial charge in [-0.2, -0.15) is 5.26 Å². The number of nitrogens with one attached hydrogen (secondary N) is 2. The summed E-state index contributed by atoms with van der Waals surface area (Å²) in [5.41, 5.74) is 3.22. The van der Waals surface area contributed by atoms with E-state index in [1.54, 1.807) is 6.07 Å². The quantitative estimate of drug-likeness (QED) is 0.623. The molecule has 2 amide bonds. The Balaban J connectivity index is 1.44. The molecule has 1 aliphatic carbocycles. The van der Waals surface area contributed by atoms with E-state index in [0.29, 0.717) is 17.8 Å². The molecule has 2 aromatic rings. The van der Waals surface area contributed by atoms with Crippen molar-refractivity contribution in [2.45, 2.75) is 51.4 Å². The average molecular weight is 459 g/mol. The van der Waals surface area contributed by atoms with Crippen molar-refractivity contribution in [3.63, 3.8) is 0 Å². The third kappa shape index (κ3) is 5.41. The van der Waals surface area contributed by atoms with Crippen LogP contribution >= 0.6 is 0 Å². The molecule has 34 heavy (non-hydrogen) atoms. The van der Waals surface area contributed by atoms with E-state index >= 15 is 0 Å². The fraction of sp³-hybridized carbons (Fsp3) is 0.464. The number of anilines is 2. The highest BCUT2D eigenvalue weighted by Crippen LogP contribution is 2.36. The molecule has 1 saturated heterocycles. The predicted octanol–water partition coefficient (Wildman–Crippen LogP) is 4.82. The van der Waals surface area contributed by atoms with E-state index in [9.17, 15) is 14.9 Å². The van der Waals surface area contributed by atoms with E-state index in [-0.39, 0.29) is 29.6 Å². The summed E-state index contributed by atoms with van der Waals surface area (Å²) in [6.45, 7) is 4.15. The van der Waals surface area contributed by atoms with Crippen LogP contribution in [0.2, 0.25) is 0 Å². The molecule has 1 saturated carbocycles. The molecule has 2 aromatic carbocycles. The smallest absolute Gasteiger partial charge is 0.227 e. The summed E-state index contributed by atoms with van der Waals surface area (Å²) in [7, 11) is 0. The van der Waals surface area contributed by atoms with Crippen LogP contribution in [0.5, 0.6) is 0 Å². The maximum atomic E-state index is 12.9. The van der Waals surface area contributed by atoms with E-state index in [0.717, 1.165) is 62.9 Å². The number of nitriles is 1. The van der Waals surface area contributed by atoms with Crippen molar-refractivity contribution in [1.29, 1.82) is 5.26 Å². The van der Waals surface area contributed by atoms with Crippen molar-refractivity contribution in [1.82, 2.24) is 5.32 Å². The minimum absolute atomic E-state index is 0.0623. The molecule has 1 aliphatic heterocycles. The Morgan fingerprint density at radius 2 is 1.76 bits per heavy atom. The Morgan fingerprint density at radius 1 is 1.06 bits per heavy atom. The first-order chi connectivity index (χ1) is 16.6. The van der Waals surface area contributed by atoms with Gasteiger partial charge in [0.05, 0.1) is 17.2 Å². The lowest BCUT2D eigenvalue weighted by atomic mass is 9.79. The third-order valence-electron chi connectivity index (χ3n) is 7.25. The van der Waals surface area contributed by atoms with Gasteiger partial charge in [-0.05, 0) is 62.3 Å². The highest BCUT2D eigenvalue weighted by Gasteiger charge is 2.33. The minimum Gasteiger partial charge on any atom is -0.370 e. The SMILES string of the molecule is CCNC(=O)C(c1ccccc1)C1CCN(c2ccc(NC(=O)C3CCCC3)cc2C#N)CC1. The molecule has 4 rings (SSSR count). The lowest BCUT2D eigenvalue weighted by Crippen LogP contribution is -2.40. The van der Waals surface area contributed by atoms with Gasteiger partial charge in [0.1, 0.15) is 6.07 Å². The van der Waals surface area contributed by atoms with Gasteiger partial charge in [0.15, 0.2) is 0 Å². The third-order valence-corrected chi connectivity index (χ3v) is 7.25. The molecule has 2 fully saturated rings. The van der Waals surface area contributed by atoms with Gasteiger partial charge in [-0.25, -0.2) is 0 Å². The summed E-state index contributed by atoms with van der Waals surface area (Å²) in [5.74, 6) is 0.332. The summed E-state index contributed by atoms with van der Waals surface area (Å²) in [5, 5.41) is 15.8. The molecule has 0 spiro atoms. The summed E-state index contributed by atoms with van der Waals surface area (Å²) in [6.07, 6.45) is 5.88. The molecule has 1 atom stereocenters. The zero-order chi connectivity index (χ0) is 23.9. The van der Waals surface area contributed by atoms with Crippen LogP contribution < -0.4 is 15.5 Å². The molecule has 178 valence electrons. The predicted molar refractivity (Wildman–Crippen MR) is 135 cm³/mol. The number of nitrogens with zero attached hydrogens (tertiary/aromatic N) is 2. The van der Waals surface area contributed by atoms with Gasteiger partial charge in [0.2, 0.25) is 11.8 Å². The van der Waals surface area contributed by atoms with E-state index < -0.39 is 0 Å². The Labute approximate surface area is 202 Å². The molecule has 0 bridgehead atoms. The largest absolute Gasteiger partial charge is 0.370 e. The van der Waals surface area contributed by atoms with E-state index in [1.807, 2.05) is 49.4 Å². The highest BCUT2D eigenvalue weighted by molar-refractivity contribution is 5.93. The summed E-state index contributed by atoms with van der Waals surface area (Å²) in [6, 6.07) is 18.0. The van der Waals surface area contributed by atoms with Crippen LogP contribution in [-0.4, -0.2) is 31.4 Å². The van der Waals surface area contributed by atoms with Crippen LogP contribution in [0.15, 0.2) is 48.5 Å². The van der Waals surface area contributed by atoms with Crippen molar-refractivity contribution in [3.05, 3.63) is 59.7 Å². The second-order valence-electron chi connectivity index (χ2n) is 9.42. The van der Waals surface area contributed by atoms with Gasteiger partial charge in [-0.3, -0.25) is 9.59 Å². The van der Waals surface area contributed by atoms with Gasteiger partial charge in [-0.1, -0.05) is 43.2 Å². The Kier molecular flexibility index (Phi) is 7.84. The van der Waals surface area contributed by atoms with Gasteiger partial charge >= 0.3 is 0 Å². The van der Waals surface area contributed by atoms with Crippen molar-refractivity contribution in [2.24, 2.45) is 11.8 Å². The summed E-state index contributed by atoms with van der Waals surface area (Å²) < 4.78 is 0. The van der Waals surface area contributed by atoms with Crippen molar-refractivity contribution >= 4 is 23.2 Å². The van der Waals surface area contributed by atoms with Crippen LogP contribution in [0.3, 0.4) is 0 Å². The maximum absolute atomic E-state index is 12.9. The van der Waals surface area contributed by atoms with Crippen LogP contribution in [-0.2, 0) is 9.59 Å². The normalized spacial score (nSPS) is 17.7. The van der Waals surface area contributed by atoms with E-state index in [1.165, 1.54) is 0 Å². The van der Waals surface area contributed by atoms with Crippen LogP contribution in [0.4, 0.5) is 11.4 Å². The van der Waals surface area contributed by atoms with Crippen molar-refractivity contribution in [2.75, 3.05) is 29.9 Å². The molecule has 0 radical (unpaired) electrons. The number of carbonyl (C=O) groups excluding carboxylic acids is 2.